The summed E-state index contributed by atoms with van der Waals surface area (Å²) >= 11 is 6.10. The van der Waals surface area contributed by atoms with Crippen LogP contribution in [0.2, 0.25) is 5.02 Å². The van der Waals surface area contributed by atoms with Gasteiger partial charge in [0.05, 0.1) is 27.3 Å². The number of benzene rings is 2. The SMILES string of the molecule is Cn1c(C(=O)NC2CCOc3cc(S(=N)(=O)C4CC4)ccc32)cc2ccc(Cl)cc21. The Balaban J connectivity index is 1.43. The molecule has 2 aromatic carbocycles. The third-order valence-electron chi connectivity index (χ3n) is 5.91. The van der Waals surface area contributed by atoms with Crippen molar-refractivity contribution in [2.75, 3.05) is 6.61 Å². The van der Waals surface area contributed by atoms with Crippen LogP contribution in [-0.4, -0.2) is 26.5 Å². The Kier molecular flexibility index (Phi) is 4.56. The van der Waals surface area contributed by atoms with E-state index in [0.29, 0.717) is 34.4 Å². The summed E-state index contributed by atoms with van der Waals surface area (Å²) in [4.78, 5) is 13.6. The molecular weight excluding hydrogens is 422 g/mol. The maximum Gasteiger partial charge on any atom is 0.268 e. The smallest absolute Gasteiger partial charge is 0.268 e. The van der Waals surface area contributed by atoms with Gasteiger partial charge in [0.25, 0.3) is 5.91 Å². The molecule has 2 unspecified atom stereocenters. The molecule has 1 amide bonds. The third-order valence-corrected chi connectivity index (χ3v) is 8.51. The van der Waals surface area contributed by atoms with E-state index in [4.69, 9.17) is 21.1 Å². The van der Waals surface area contributed by atoms with Crippen LogP contribution < -0.4 is 10.1 Å². The lowest BCUT2D eigenvalue weighted by Gasteiger charge is -2.27. The number of amides is 1. The Hall–Kier alpha value is -2.51. The van der Waals surface area contributed by atoms with Gasteiger partial charge in [-0.2, -0.15) is 0 Å². The fourth-order valence-electron chi connectivity index (χ4n) is 4.05. The molecule has 3 aromatic rings. The molecule has 2 atom stereocenters. The first kappa shape index (κ1) is 19.5. The molecule has 2 aliphatic rings. The molecular formula is C22H22ClN3O3S. The average molecular weight is 444 g/mol. The van der Waals surface area contributed by atoms with Gasteiger partial charge in [0.1, 0.15) is 11.4 Å². The zero-order valence-electron chi connectivity index (χ0n) is 16.5. The average Bonchev–Trinajstić information content (AvgIpc) is 3.54. The fourth-order valence-corrected chi connectivity index (χ4v) is 5.96. The first-order valence-electron chi connectivity index (χ1n) is 9.95. The normalized spacial score (nSPS) is 20.3. The number of nitrogens with one attached hydrogen (secondary N) is 2. The van der Waals surface area contributed by atoms with Gasteiger partial charge >= 0.3 is 0 Å². The number of fused-ring (bicyclic) bond motifs is 2. The molecule has 2 N–H and O–H groups in total. The zero-order valence-corrected chi connectivity index (χ0v) is 18.1. The maximum absolute atomic E-state index is 13.0. The Labute approximate surface area is 180 Å². The number of halogens is 1. The second-order valence-electron chi connectivity index (χ2n) is 7.95. The molecule has 30 heavy (non-hydrogen) atoms. The molecule has 156 valence electrons. The molecule has 1 aliphatic heterocycles. The van der Waals surface area contributed by atoms with Crippen LogP contribution in [0.15, 0.2) is 47.4 Å². The van der Waals surface area contributed by atoms with Gasteiger partial charge in [0.2, 0.25) is 0 Å². The van der Waals surface area contributed by atoms with Gasteiger partial charge in [-0.15, -0.1) is 0 Å². The van der Waals surface area contributed by atoms with Crippen LogP contribution in [0.5, 0.6) is 5.75 Å². The maximum atomic E-state index is 13.0. The summed E-state index contributed by atoms with van der Waals surface area (Å²) in [5.41, 5.74) is 2.31. The second kappa shape index (κ2) is 7.03. The van der Waals surface area contributed by atoms with Gasteiger partial charge in [-0.1, -0.05) is 23.7 Å². The lowest BCUT2D eigenvalue weighted by atomic mass is 10.0. The lowest BCUT2D eigenvalue weighted by Crippen LogP contribution is -2.33. The van der Waals surface area contributed by atoms with E-state index in [-0.39, 0.29) is 17.2 Å². The van der Waals surface area contributed by atoms with Crippen LogP contribution in [0.4, 0.5) is 0 Å². The molecule has 5 rings (SSSR count). The van der Waals surface area contributed by atoms with Gasteiger partial charge < -0.3 is 14.6 Å². The van der Waals surface area contributed by atoms with E-state index in [1.54, 1.807) is 12.1 Å². The van der Waals surface area contributed by atoms with Gasteiger partial charge in [-0.3, -0.25) is 4.79 Å². The number of hydrogen-bond donors (Lipinski definition) is 2. The van der Waals surface area contributed by atoms with Crippen molar-refractivity contribution in [1.29, 1.82) is 4.78 Å². The Morgan fingerprint density at radius 3 is 2.77 bits per heavy atom. The quantitative estimate of drug-likeness (QED) is 0.615. The fraction of sp³-hybridized carbons (Fsp3) is 0.318. The van der Waals surface area contributed by atoms with Crippen molar-refractivity contribution in [3.05, 3.63) is 58.7 Å². The van der Waals surface area contributed by atoms with E-state index in [0.717, 1.165) is 29.3 Å². The van der Waals surface area contributed by atoms with Crippen molar-refractivity contribution in [2.45, 2.75) is 35.4 Å². The highest BCUT2D eigenvalue weighted by Crippen LogP contribution is 2.39. The van der Waals surface area contributed by atoms with Crippen molar-refractivity contribution < 1.29 is 13.7 Å². The summed E-state index contributed by atoms with van der Waals surface area (Å²) in [5.74, 6) is 0.433. The molecule has 0 saturated heterocycles. The van der Waals surface area contributed by atoms with E-state index in [1.807, 2.05) is 41.9 Å². The molecule has 1 aliphatic carbocycles. The van der Waals surface area contributed by atoms with Crippen molar-refractivity contribution in [1.82, 2.24) is 9.88 Å². The van der Waals surface area contributed by atoms with E-state index in [9.17, 15) is 9.00 Å². The van der Waals surface area contributed by atoms with E-state index < -0.39 is 9.73 Å². The van der Waals surface area contributed by atoms with Gasteiger partial charge in [0.15, 0.2) is 0 Å². The highest BCUT2D eigenvalue weighted by atomic mass is 35.5. The third kappa shape index (κ3) is 3.26. The van der Waals surface area contributed by atoms with Crippen LogP contribution in [0.25, 0.3) is 10.9 Å². The van der Waals surface area contributed by atoms with Crippen molar-refractivity contribution >= 4 is 38.1 Å². The number of rotatable bonds is 4. The van der Waals surface area contributed by atoms with Crippen LogP contribution in [0.3, 0.4) is 0 Å². The van der Waals surface area contributed by atoms with E-state index in [2.05, 4.69) is 5.32 Å². The Morgan fingerprint density at radius 2 is 2.00 bits per heavy atom. The van der Waals surface area contributed by atoms with Gasteiger partial charge in [-0.05, 0) is 43.2 Å². The molecule has 1 fully saturated rings. The summed E-state index contributed by atoms with van der Waals surface area (Å²) < 4.78 is 28.6. The largest absolute Gasteiger partial charge is 0.493 e. The monoisotopic (exact) mass is 443 g/mol. The molecule has 0 radical (unpaired) electrons. The van der Waals surface area contributed by atoms with E-state index >= 15 is 0 Å². The predicted octanol–water partition coefficient (Wildman–Crippen LogP) is 4.65. The summed E-state index contributed by atoms with van der Waals surface area (Å²) in [5, 5.41) is 4.64. The molecule has 8 heteroatoms. The van der Waals surface area contributed by atoms with Crippen LogP contribution in [0, 0.1) is 4.78 Å². The highest BCUT2D eigenvalue weighted by molar-refractivity contribution is 7.93. The van der Waals surface area contributed by atoms with Crippen molar-refractivity contribution in [3.63, 3.8) is 0 Å². The standard InChI is InChI=1S/C22H22ClN3O3S/c1-26-19-11-14(23)3-2-13(19)10-20(26)22(27)25-18-8-9-29-21-12-16(6-7-17(18)21)30(24,28)15-4-5-15/h2-3,6-7,10-12,15,18,24H,4-5,8-9H2,1H3,(H,25,27). The molecule has 1 aromatic heterocycles. The van der Waals surface area contributed by atoms with Gasteiger partial charge in [-0.25, -0.2) is 8.99 Å². The minimum absolute atomic E-state index is 0.0467. The van der Waals surface area contributed by atoms with E-state index in [1.165, 1.54) is 0 Å². The molecule has 2 heterocycles. The Morgan fingerprint density at radius 1 is 1.20 bits per heavy atom. The number of ether oxygens (including phenoxy) is 1. The molecule has 0 spiro atoms. The highest BCUT2D eigenvalue weighted by Gasteiger charge is 2.35. The first-order valence-corrected chi connectivity index (χ1v) is 11.9. The molecule has 0 bridgehead atoms. The summed E-state index contributed by atoms with van der Waals surface area (Å²) in [6.07, 6.45) is 2.33. The lowest BCUT2D eigenvalue weighted by molar-refractivity contribution is 0.0917. The second-order valence-corrected chi connectivity index (χ2v) is 10.7. The number of carbonyl (C=O) groups is 1. The first-order chi connectivity index (χ1) is 14.3. The number of nitrogens with zero attached hydrogens (tertiary/aromatic N) is 1. The number of carbonyl (C=O) groups excluding carboxylic acids is 1. The van der Waals surface area contributed by atoms with Crippen LogP contribution >= 0.6 is 11.6 Å². The topological polar surface area (TPSA) is 84.2 Å². The minimum atomic E-state index is -2.79. The van der Waals surface area contributed by atoms with Gasteiger partial charge in [0, 0.05) is 40.2 Å². The van der Waals surface area contributed by atoms with Crippen molar-refractivity contribution in [3.8, 4) is 5.75 Å². The van der Waals surface area contributed by atoms with Crippen molar-refractivity contribution in [2.24, 2.45) is 7.05 Å². The number of aryl methyl sites for hydroxylation is 1. The number of hydrogen-bond acceptors (Lipinski definition) is 4. The summed E-state index contributed by atoms with van der Waals surface area (Å²) in [6, 6.07) is 12.5. The summed E-state index contributed by atoms with van der Waals surface area (Å²) in [6.45, 7) is 0.453. The van der Waals surface area contributed by atoms with Crippen LogP contribution in [0.1, 0.15) is 41.4 Å². The zero-order chi connectivity index (χ0) is 21.0. The predicted molar refractivity (Wildman–Crippen MR) is 117 cm³/mol. The molecule has 6 nitrogen and oxygen atoms in total. The molecule has 1 saturated carbocycles. The Bertz CT molecular complexity index is 1280. The number of aromatic nitrogens is 1. The van der Waals surface area contributed by atoms with Crippen LogP contribution in [-0.2, 0) is 16.8 Å². The summed E-state index contributed by atoms with van der Waals surface area (Å²) in [7, 11) is -0.941. The minimum Gasteiger partial charge on any atom is -0.493 e.